The number of carbonyl (C=O) groups is 1. The van der Waals surface area contributed by atoms with E-state index in [1.165, 1.54) is 11.1 Å². The summed E-state index contributed by atoms with van der Waals surface area (Å²) in [6.45, 7) is 10.3. The van der Waals surface area contributed by atoms with Gasteiger partial charge in [0, 0.05) is 11.1 Å². The van der Waals surface area contributed by atoms with E-state index in [9.17, 15) is 4.79 Å². The molecule has 0 aliphatic heterocycles. The zero-order valence-corrected chi connectivity index (χ0v) is 17.8. The molecule has 0 heterocycles. The van der Waals surface area contributed by atoms with Crippen molar-refractivity contribution in [3.8, 4) is 11.1 Å². The van der Waals surface area contributed by atoms with Crippen LogP contribution in [-0.4, -0.2) is 5.78 Å². The predicted molar refractivity (Wildman–Crippen MR) is 121 cm³/mol. The Kier molecular flexibility index (Phi) is 6.38. The van der Waals surface area contributed by atoms with Crippen LogP contribution in [0.5, 0.6) is 0 Å². The first kappa shape index (κ1) is 20.7. The van der Waals surface area contributed by atoms with Gasteiger partial charge in [-0.05, 0) is 53.6 Å². The predicted octanol–water partition coefficient (Wildman–Crippen LogP) is 8.22. The molecule has 3 aromatic carbocycles. The molecule has 0 fully saturated rings. The average molecular weight is 385 g/mol. The van der Waals surface area contributed by atoms with Gasteiger partial charge in [-0.15, -0.1) is 5.11 Å². The van der Waals surface area contributed by atoms with Gasteiger partial charge in [-0.1, -0.05) is 76.2 Å². The van der Waals surface area contributed by atoms with Crippen molar-refractivity contribution in [3.63, 3.8) is 0 Å². The monoisotopic (exact) mass is 384 g/mol. The topological polar surface area (TPSA) is 41.8 Å². The van der Waals surface area contributed by atoms with Gasteiger partial charge >= 0.3 is 0 Å². The maximum atomic E-state index is 11.6. The van der Waals surface area contributed by atoms with Crippen LogP contribution in [0.4, 0.5) is 11.4 Å². The second-order valence-electron chi connectivity index (χ2n) is 8.01. The summed E-state index contributed by atoms with van der Waals surface area (Å²) < 4.78 is 0. The first-order valence-electron chi connectivity index (χ1n) is 10.1. The van der Waals surface area contributed by atoms with Crippen molar-refractivity contribution in [1.29, 1.82) is 0 Å². The lowest BCUT2D eigenvalue weighted by Crippen LogP contribution is -1.92. The number of azo groups is 1. The molecular weight excluding hydrogens is 356 g/mol. The van der Waals surface area contributed by atoms with Crippen LogP contribution in [0.25, 0.3) is 11.1 Å². The van der Waals surface area contributed by atoms with Gasteiger partial charge in [0.1, 0.15) is 0 Å². The van der Waals surface area contributed by atoms with Crippen LogP contribution < -0.4 is 0 Å². The van der Waals surface area contributed by atoms with Crippen molar-refractivity contribution in [1.82, 2.24) is 0 Å². The van der Waals surface area contributed by atoms with E-state index >= 15 is 0 Å². The number of ketones is 1. The number of carbonyl (C=O) groups excluding carboxylic acids is 1. The van der Waals surface area contributed by atoms with Gasteiger partial charge < -0.3 is 0 Å². The molecule has 0 amide bonds. The van der Waals surface area contributed by atoms with Crippen LogP contribution >= 0.6 is 0 Å². The van der Waals surface area contributed by atoms with Crippen LogP contribution in [0.2, 0.25) is 0 Å². The van der Waals surface area contributed by atoms with Gasteiger partial charge in [-0.2, -0.15) is 5.11 Å². The van der Waals surface area contributed by atoms with Crippen molar-refractivity contribution < 1.29 is 4.79 Å². The first-order chi connectivity index (χ1) is 13.8. The largest absolute Gasteiger partial charge is 0.295 e. The summed E-state index contributed by atoms with van der Waals surface area (Å²) in [7, 11) is 0. The SMILES string of the molecule is CC(=O)c1ccc(-c2ccc(C(C)C)cc2/N=N/c2cccc(C(C)C)c2)cc1. The Bertz CT molecular complexity index is 1030. The molecule has 0 radical (unpaired) electrons. The maximum absolute atomic E-state index is 11.6. The molecule has 0 spiro atoms. The Balaban J connectivity index is 2.02. The highest BCUT2D eigenvalue weighted by atomic mass is 16.1. The van der Waals surface area contributed by atoms with E-state index in [0.717, 1.165) is 22.5 Å². The molecule has 0 N–H and O–H groups in total. The average Bonchev–Trinajstić information content (AvgIpc) is 2.72. The summed E-state index contributed by atoms with van der Waals surface area (Å²) in [5, 5.41) is 9.13. The lowest BCUT2D eigenvalue weighted by molar-refractivity contribution is 0.101. The number of nitrogens with zero attached hydrogens (tertiary/aromatic N) is 2. The minimum atomic E-state index is 0.0663. The summed E-state index contributed by atoms with van der Waals surface area (Å²) in [6.07, 6.45) is 0. The third-order valence-corrected chi connectivity index (χ3v) is 5.10. The highest BCUT2D eigenvalue weighted by Crippen LogP contribution is 2.35. The van der Waals surface area contributed by atoms with Crippen LogP contribution in [0.3, 0.4) is 0 Å². The number of rotatable bonds is 6. The molecule has 3 nitrogen and oxygen atoms in total. The molecule has 148 valence electrons. The van der Waals surface area contributed by atoms with E-state index in [-0.39, 0.29) is 5.78 Å². The summed E-state index contributed by atoms with van der Waals surface area (Å²) in [4.78, 5) is 11.6. The van der Waals surface area contributed by atoms with Crippen molar-refractivity contribution in [2.75, 3.05) is 0 Å². The van der Waals surface area contributed by atoms with Gasteiger partial charge in [0.25, 0.3) is 0 Å². The smallest absolute Gasteiger partial charge is 0.159 e. The zero-order valence-electron chi connectivity index (χ0n) is 17.8. The molecule has 3 rings (SSSR count). The molecule has 3 aromatic rings. The van der Waals surface area contributed by atoms with Crippen LogP contribution in [0, 0.1) is 0 Å². The molecule has 0 aromatic heterocycles. The molecular formula is C26H28N2O. The van der Waals surface area contributed by atoms with Gasteiger partial charge in [-0.25, -0.2) is 0 Å². The fourth-order valence-corrected chi connectivity index (χ4v) is 3.18. The van der Waals surface area contributed by atoms with Crippen molar-refractivity contribution in [3.05, 3.63) is 83.4 Å². The second-order valence-corrected chi connectivity index (χ2v) is 8.01. The van der Waals surface area contributed by atoms with E-state index in [1.807, 2.05) is 36.4 Å². The molecule has 29 heavy (non-hydrogen) atoms. The Hall–Kier alpha value is -3.07. The highest BCUT2D eigenvalue weighted by Gasteiger charge is 2.10. The number of hydrogen-bond donors (Lipinski definition) is 0. The minimum absolute atomic E-state index is 0.0663. The van der Waals surface area contributed by atoms with Crippen molar-refractivity contribution >= 4 is 17.2 Å². The molecule has 0 unspecified atom stereocenters. The fraction of sp³-hybridized carbons (Fsp3) is 0.269. The van der Waals surface area contributed by atoms with Crippen LogP contribution in [0.15, 0.2) is 77.0 Å². The van der Waals surface area contributed by atoms with E-state index in [0.29, 0.717) is 17.4 Å². The van der Waals surface area contributed by atoms with E-state index in [2.05, 4.69) is 68.3 Å². The van der Waals surface area contributed by atoms with Crippen molar-refractivity contribution in [2.24, 2.45) is 10.2 Å². The highest BCUT2D eigenvalue weighted by molar-refractivity contribution is 5.94. The molecule has 3 heteroatoms. The zero-order chi connectivity index (χ0) is 21.0. The van der Waals surface area contributed by atoms with Crippen LogP contribution in [0.1, 0.15) is 67.9 Å². The standard InChI is InChI=1S/C26H28N2O/c1-17(2)22-7-6-8-24(15-22)27-28-26-16-23(18(3)4)13-14-25(26)21-11-9-20(10-12-21)19(5)29/h6-18H,1-5H3/b28-27+. The van der Waals surface area contributed by atoms with E-state index in [1.54, 1.807) is 6.92 Å². The molecule has 0 saturated heterocycles. The van der Waals surface area contributed by atoms with E-state index < -0.39 is 0 Å². The molecule has 0 atom stereocenters. The van der Waals surface area contributed by atoms with Crippen LogP contribution in [-0.2, 0) is 0 Å². The fourth-order valence-electron chi connectivity index (χ4n) is 3.18. The van der Waals surface area contributed by atoms with E-state index in [4.69, 9.17) is 0 Å². The normalized spacial score (nSPS) is 11.6. The maximum Gasteiger partial charge on any atom is 0.159 e. The lowest BCUT2D eigenvalue weighted by Gasteiger charge is -2.11. The lowest BCUT2D eigenvalue weighted by atomic mass is 9.96. The third-order valence-electron chi connectivity index (χ3n) is 5.10. The molecule has 0 aliphatic carbocycles. The first-order valence-corrected chi connectivity index (χ1v) is 10.1. The van der Waals surface area contributed by atoms with Gasteiger partial charge in [0.05, 0.1) is 11.4 Å². The minimum Gasteiger partial charge on any atom is -0.295 e. The molecule has 0 saturated carbocycles. The van der Waals surface area contributed by atoms with Gasteiger partial charge in [-0.3, -0.25) is 4.79 Å². The number of benzene rings is 3. The second kappa shape index (κ2) is 8.95. The summed E-state index contributed by atoms with van der Waals surface area (Å²) in [5.41, 5.74) is 6.90. The number of Topliss-reactive ketones (excluding diaryl/α,β-unsaturated/α-hetero) is 1. The Labute approximate surface area is 173 Å². The van der Waals surface area contributed by atoms with Gasteiger partial charge in [0.2, 0.25) is 0 Å². The summed E-state index contributed by atoms with van der Waals surface area (Å²) in [5.74, 6) is 0.920. The Morgan fingerprint density at radius 1 is 0.759 bits per heavy atom. The third kappa shape index (κ3) is 5.05. The van der Waals surface area contributed by atoms with Crippen molar-refractivity contribution in [2.45, 2.75) is 46.5 Å². The summed E-state index contributed by atoms with van der Waals surface area (Å²) in [6, 6.07) is 22.2. The molecule has 0 bridgehead atoms. The molecule has 0 aliphatic rings. The Morgan fingerprint density at radius 2 is 1.41 bits per heavy atom. The quantitative estimate of drug-likeness (QED) is 0.312. The Morgan fingerprint density at radius 3 is 2.03 bits per heavy atom. The number of hydrogen-bond acceptors (Lipinski definition) is 3. The van der Waals surface area contributed by atoms with Gasteiger partial charge in [0.15, 0.2) is 5.78 Å². The summed E-state index contributed by atoms with van der Waals surface area (Å²) >= 11 is 0.